The highest BCUT2D eigenvalue weighted by atomic mass is 16.2. The Labute approximate surface area is 114 Å². The van der Waals surface area contributed by atoms with Gasteiger partial charge in [0.1, 0.15) is 6.04 Å². The van der Waals surface area contributed by atoms with Crippen LogP contribution in [-0.2, 0) is 4.79 Å². The molecule has 19 heavy (non-hydrogen) atoms. The van der Waals surface area contributed by atoms with Gasteiger partial charge in [-0.05, 0) is 50.9 Å². The molecule has 0 spiro atoms. The Kier molecular flexibility index (Phi) is 2.61. The summed E-state index contributed by atoms with van der Waals surface area (Å²) < 4.78 is 0. The zero-order valence-corrected chi connectivity index (χ0v) is 11.4. The lowest BCUT2D eigenvalue weighted by Crippen LogP contribution is -2.52. The highest BCUT2D eigenvalue weighted by Gasteiger charge is 2.54. The first-order valence-corrected chi connectivity index (χ1v) is 7.93. The molecule has 0 radical (unpaired) electrons. The van der Waals surface area contributed by atoms with Crippen LogP contribution in [0.2, 0.25) is 0 Å². The summed E-state index contributed by atoms with van der Waals surface area (Å²) in [4.78, 5) is 28.8. The van der Waals surface area contributed by atoms with Crippen LogP contribution in [0.1, 0.15) is 57.8 Å². The van der Waals surface area contributed by atoms with Crippen molar-refractivity contribution < 1.29 is 9.59 Å². The van der Waals surface area contributed by atoms with Crippen LogP contribution in [0.15, 0.2) is 0 Å². The molecule has 3 atom stereocenters. The van der Waals surface area contributed by atoms with Crippen molar-refractivity contribution >= 4 is 11.9 Å². The Hall–Kier alpha value is -1.06. The van der Waals surface area contributed by atoms with Gasteiger partial charge in [0.15, 0.2) is 0 Å². The van der Waals surface area contributed by atoms with E-state index in [1.54, 1.807) is 4.90 Å². The molecule has 2 aliphatic carbocycles. The summed E-state index contributed by atoms with van der Waals surface area (Å²) in [6, 6.07) is 0.491. The minimum Gasteiger partial charge on any atom is -0.309 e. The van der Waals surface area contributed by atoms with Gasteiger partial charge in [-0.3, -0.25) is 9.69 Å². The summed E-state index contributed by atoms with van der Waals surface area (Å²) in [5.41, 5.74) is 0. The largest absolute Gasteiger partial charge is 0.327 e. The van der Waals surface area contributed by atoms with Gasteiger partial charge in [0, 0.05) is 12.1 Å². The van der Waals surface area contributed by atoms with E-state index in [0.717, 1.165) is 32.1 Å². The molecule has 0 aromatic carbocycles. The number of urea groups is 1. The number of nitrogens with zero attached hydrogens (tertiary/aromatic N) is 2. The number of piperidine rings is 1. The van der Waals surface area contributed by atoms with Crippen molar-refractivity contribution in [3.05, 3.63) is 0 Å². The predicted octanol–water partition coefficient (Wildman–Crippen LogP) is 2.52. The highest BCUT2D eigenvalue weighted by Crippen LogP contribution is 2.43. The maximum atomic E-state index is 12.7. The Morgan fingerprint density at radius 3 is 2.37 bits per heavy atom. The Balaban J connectivity index is 1.62. The third-order valence-corrected chi connectivity index (χ3v) is 5.76. The summed E-state index contributed by atoms with van der Waals surface area (Å²) in [5, 5.41) is 0. The SMILES string of the molecule is O=C1C2CCC3CCCCC3N2C(=O)N1C1CCC1. The second-order valence-corrected chi connectivity index (χ2v) is 6.69. The quantitative estimate of drug-likeness (QED) is 0.681. The van der Waals surface area contributed by atoms with Crippen LogP contribution in [0.5, 0.6) is 0 Å². The van der Waals surface area contributed by atoms with E-state index in [1.807, 2.05) is 4.90 Å². The van der Waals surface area contributed by atoms with Crippen LogP contribution in [-0.4, -0.2) is 39.9 Å². The summed E-state index contributed by atoms with van der Waals surface area (Å²) in [6.45, 7) is 0. The lowest BCUT2D eigenvalue weighted by atomic mass is 9.77. The monoisotopic (exact) mass is 262 g/mol. The van der Waals surface area contributed by atoms with Gasteiger partial charge in [-0.1, -0.05) is 12.8 Å². The third kappa shape index (κ3) is 1.58. The first-order chi connectivity index (χ1) is 9.27. The Morgan fingerprint density at radius 2 is 1.63 bits per heavy atom. The van der Waals surface area contributed by atoms with Crippen molar-refractivity contribution in [2.45, 2.75) is 75.9 Å². The molecule has 104 valence electrons. The molecule has 0 aromatic heterocycles. The number of hydrogen-bond donors (Lipinski definition) is 0. The van der Waals surface area contributed by atoms with Crippen LogP contribution >= 0.6 is 0 Å². The van der Waals surface area contributed by atoms with Gasteiger partial charge < -0.3 is 4.90 Å². The molecule has 0 aromatic rings. The number of carbonyl (C=O) groups is 2. The number of imide groups is 1. The summed E-state index contributed by atoms with van der Waals surface area (Å²) in [6.07, 6.45) is 10.1. The molecule has 2 aliphatic heterocycles. The summed E-state index contributed by atoms with van der Waals surface area (Å²) in [5.74, 6) is 0.766. The Bertz CT molecular complexity index is 418. The molecule has 4 rings (SSSR count). The van der Waals surface area contributed by atoms with E-state index >= 15 is 0 Å². The van der Waals surface area contributed by atoms with Gasteiger partial charge >= 0.3 is 6.03 Å². The molecule has 0 bridgehead atoms. The maximum Gasteiger partial charge on any atom is 0.327 e. The topological polar surface area (TPSA) is 40.6 Å². The average Bonchev–Trinajstić information content (AvgIpc) is 2.62. The van der Waals surface area contributed by atoms with E-state index in [0.29, 0.717) is 12.0 Å². The second-order valence-electron chi connectivity index (χ2n) is 6.69. The van der Waals surface area contributed by atoms with E-state index in [9.17, 15) is 9.59 Å². The van der Waals surface area contributed by atoms with Crippen molar-refractivity contribution in [2.24, 2.45) is 5.92 Å². The molecule has 4 fully saturated rings. The first kappa shape index (κ1) is 11.7. The second kappa shape index (κ2) is 4.22. The molecule has 3 amide bonds. The van der Waals surface area contributed by atoms with Crippen LogP contribution in [0.4, 0.5) is 4.79 Å². The van der Waals surface area contributed by atoms with Gasteiger partial charge in [-0.25, -0.2) is 4.79 Å². The molecule has 4 nitrogen and oxygen atoms in total. The fraction of sp³-hybridized carbons (Fsp3) is 0.867. The van der Waals surface area contributed by atoms with E-state index in [-0.39, 0.29) is 24.0 Å². The third-order valence-electron chi connectivity index (χ3n) is 5.76. The molecule has 2 saturated carbocycles. The molecule has 3 unspecified atom stereocenters. The van der Waals surface area contributed by atoms with Gasteiger partial charge in [-0.2, -0.15) is 0 Å². The van der Waals surface area contributed by atoms with Crippen molar-refractivity contribution in [1.82, 2.24) is 9.80 Å². The normalized spacial score (nSPS) is 39.1. The number of rotatable bonds is 1. The molecule has 4 aliphatic rings. The molecular formula is C15H22N2O2. The highest BCUT2D eigenvalue weighted by molar-refractivity contribution is 6.05. The van der Waals surface area contributed by atoms with E-state index < -0.39 is 0 Å². The van der Waals surface area contributed by atoms with Crippen molar-refractivity contribution in [2.75, 3.05) is 0 Å². The van der Waals surface area contributed by atoms with Crippen molar-refractivity contribution in [1.29, 1.82) is 0 Å². The lowest BCUT2D eigenvalue weighted by Gasteiger charge is -2.44. The molecule has 0 N–H and O–H groups in total. The van der Waals surface area contributed by atoms with Gasteiger partial charge in [0.05, 0.1) is 0 Å². The zero-order valence-electron chi connectivity index (χ0n) is 11.4. The Morgan fingerprint density at radius 1 is 0.842 bits per heavy atom. The number of hydrogen-bond acceptors (Lipinski definition) is 2. The van der Waals surface area contributed by atoms with E-state index in [1.165, 1.54) is 25.7 Å². The minimum absolute atomic E-state index is 0.0382. The number of carbonyl (C=O) groups excluding carboxylic acids is 2. The van der Waals surface area contributed by atoms with Gasteiger partial charge in [0.2, 0.25) is 0 Å². The molecular weight excluding hydrogens is 240 g/mol. The predicted molar refractivity (Wildman–Crippen MR) is 70.5 cm³/mol. The zero-order chi connectivity index (χ0) is 13.0. The first-order valence-electron chi connectivity index (χ1n) is 7.93. The fourth-order valence-corrected chi connectivity index (χ4v) is 4.51. The van der Waals surface area contributed by atoms with Crippen LogP contribution in [0.3, 0.4) is 0 Å². The van der Waals surface area contributed by atoms with E-state index in [2.05, 4.69) is 0 Å². The minimum atomic E-state index is -0.118. The average molecular weight is 262 g/mol. The lowest BCUT2D eigenvalue weighted by molar-refractivity contribution is -0.132. The standard InChI is InChI=1S/C15H22N2O2/c18-14-13-9-8-10-4-1-2-7-12(10)17(13)15(19)16(14)11-5-3-6-11/h10-13H,1-9H2. The molecule has 2 heterocycles. The van der Waals surface area contributed by atoms with Crippen LogP contribution < -0.4 is 0 Å². The number of amides is 3. The fourth-order valence-electron chi connectivity index (χ4n) is 4.51. The smallest absolute Gasteiger partial charge is 0.309 e. The van der Waals surface area contributed by atoms with Crippen LogP contribution in [0.25, 0.3) is 0 Å². The van der Waals surface area contributed by atoms with Gasteiger partial charge in [-0.15, -0.1) is 0 Å². The van der Waals surface area contributed by atoms with Gasteiger partial charge in [0.25, 0.3) is 5.91 Å². The van der Waals surface area contributed by atoms with E-state index in [4.69, 9.17) is 0 Å². The summed E-state index contributed by atoms with van der Waals surface area (Å²) in [7, 11) is 0. The van der Waals surface area contributed by atoms with Crippen molar-refractivity contribution in [3.63, 3.8) is 0 Å². The molecule has 2 saturated heterocycles. The maximum absolute atomic E-state index is 12.7. The molecule has 4 heteroatoms. The summed E-state index contributed by atoms with van der Waals surface area (Å²) >= 11 is 0. The van der Waals surface area contributed by atoms with Crippen molar-refractivity contribution in [3.8, 4) is 0 Å². The number of fused-ring (bicyclic) bond motifs is 3. The van der Waals surface area contributed by atoms with Crippen LogP contribution in [0, 0.1) is 5.92 Å².